The topological polar surface area (TPSA) is 111 Å². The molecule has 0 aromatic rings. The largest absolute Gasteiger partial charge is 0.545 e. The van der Waals surface area contributed by atoms with Gasteiger partial charge in [-0.15, -0.1) is 0 Å². The maximum Gasteiger partial charge on any atom is 0.306 e. The Morgan fingerprint density at radius 2 is 0.613 bits per heavy atom. The minimum atomic E-state index is -1.64. The Kier molecular flexibility index (Phi) is 70.1. The molecule has 0 saturated heterocycles. The van der Waals surface area contributed by atoms with Crippen LogP contribution in [0.25, 0.3) is 0 Å². The fourth-order valence-corrected chi connectivity index (χ4v) is 10.8. The van der Waals surface area contributed by atoms with Crippen molar-refractivity contribution in [2.75, 3.05) is 47.5 Å². The summed E-state index contributed by atoms with van der Waals surface area (Å²) in [5.74, 6) is -2.31. The third-order valence-electron chi connectivity index (χ3n) is 16.7. The highest BCUT2D eigenvalue weighted by molar-refractivity contribution is 5.70. The highest BCUT2D eigenvalue weighted by atomic mass is 16.7. The van der Waals surface area contributed by atoms with Crippen molar-refractivity contribution in [3.63, 3.8) is 0 Å². The van der Waals surface area contributed by atoms with E-state index in [1.807, 2.05) is 21.1 Å². The number of quaternary nitrogens is 1. The fourth-order valence-electron chi connectivity index (χ4n) is 10.8. The van der Waals surface area contributed by atoms with Gasteiger partial charge in [-0.3, -0.25) is 9.59 Å². The van der Waals surface area contributed by atoms with Crippen LogP contribution in [0.5, 0.6) is 0 Å². The zero-order valence-corrected chi connectivity index (χ0v) is 61.1. The molecule has 0 radical (unpaired) electrons. The quantitative estimate of drug-likeness (QED) is 0.0195. The van der Waals surface area contributed by atoms with E-state index in [0.717, 1.165) is 103 Å². The molecule has 9 nitrogen and oxygen atoms in total. The van der Waals surface area contributed by atoms with Crippen molar-refractivity contribution in [2.24, 2.45) is 0 Å². The smallest absolute Gasteiger partial charge is 0.306 e. The molecule has 0 spiro atoms. The van der Waals surface area contributed by atoms with Gasteiger partial charge in [-0.1, -0.05) is 334 Å². The first kappa shape index (κ1) is 88.7. The SMILES string of the molecule is CC/C=C\C/C=C\C/C=C\C/C=C\C/C=C\C/C=C\C/C=C\C/C=C\CCCCCCC(=O)OC(COC(=O)CCCCCCCCCCCCCCCCCCCCCCCCCCCCC/C=C\C/C=C\CCCCCCC)COC(OCC[N+](C)(C)C)C(=O)[O-]. The lowest BCUT2D eigenvalue weighted by atomic mass is 10.0. The number of ether oxygens (including phenoxy) is 4. The Labute approximate surface area is 574 Å². The average molecular weight is 1300 g/mol. The summed E-state index contributed by atoms with van der Waals surface area (Å²) in [6.07, 6.45) is 102. The maximum atomic E-state index is 12.9. The van der Waals surface area contributed by atoms with Gasteiger partial charge in [-0.25, -0.2) is 0 Å². The first-order valence-electron chi connectivity index (χ1n) is 38.7. The van der Waals surface area contributed by atoms with Crippen molar-refractivity contribution in [2.45, 2.75) is 347 Å². The standard InChI is InChI=1S/C84H145NO8/c1-6-8-10-12-14-16-18-20-22-24-26-28-30-32-34-36-37-38-39-40-41-42-43-44-45-47-48-50-52-54-56-58-60-62-64-66-68-70-72-74-81(86)91-78-80(79-92-84(83(88)89)90-77-76-85(3,4)5)93-82(87)75-73-71-69-67-65-63-61-59-57-55-53-51-49-46-35-33-31-29-27-25-23-21-19-17-15-13-11-9-7-2/h9,11,15,17-18,20-21,23-24,26-27,29,33,35,49,51,55,57,61,63,80,84H,6-8,10,12-14,16,19,22,25,28,30-32,34,36-48,50,52-54,56,58-60,62,64-79H2,1-5H3/b11-9-,17-15-,20-18-,23-21-,26-24-,29-27-,35-33-,51-49-,57-55-,63-61-. The Hall–Kier alpha value is -4.31. The van der Waals surface area contributed by atoms with Crippen molar-refractivity contribution in [1.82, 2.24) is 0 Å². The summed E-state index contributed by atoms with van der Waals surface area (Å²) in [4.78, 5) is 37.5. The van der Waals surface area contributed by atoms with Crippen molar-refractivity contribution in [3.05, 3.63) is 122 Å². The second kappa shape index (κ2) is 73.5. The number of unbranched alkanes of at least 4 members (excludes halogenated alkanes) is 36. The fraction of sp³-hybridized carbons (Fsp3) is 0.726. The second-order valence-electron chi connectivity index (χ2n) is 26.9. The van der Waals surface area contributed by atoms with E-state index in [1.165, 1.54) is 199 Å². The average Bonchev–Trinajstić information content (AvgIpc) is 3.74. The van der Waals surface area contributed by atoms with Crippen molar-refractivity contribution < 1.29 is 42.9 Å². The number of rotatable bonds is 71. The molecule has 0 heterocycles. The van der Waals surface area contributed by atoms with Crippen LogP contribution in [0.2, 0.25) is 0 Å². The molecule has 0 N–H and O–H groups in total. The van der Waals surface area contributed by atoms with Crippen molar-refractivity contribution in [3.8, 4) is 0 Å². The lowest BCUT2D eigenvalue weighted by molar-refractivity contribution is -0.870. The van der Waals surface area contributed by atoms with E-state index in [0.29, 0.717) is 17.4 Å². The van der Waals surface area contributed by atoms with Gasteiger partial charge < -0.3 is 33.3 Å². The number of esters is 2. The maximum absolute atomic E-state index is 12.9. The van der Waals surface area contributed by atoms with Crippen molar-refractivity contribution in [1.29, 1.82) is 0 Å². The number of nitrogens with zero attached hydrogens (tertiary/aromatic N) is 1. The van der Waals surface area contributed by atoms with Gasteiger partial charge in [0.25, 0.3) is 0 Å². The summed E-state index contributed by atoms with van der Waals surface area (Å²) in [6.45, 7) is 4.62. The van der Waals surface area contributed by atoms with Gasteiger partial charge in [-0.2, -0.15) is 0 Å². The molecule has 0 aliphatic heterocycles. The number of carboxylic acids is 1. The van der Waals surface area contributed by atoms with Crippen LogP contribution < -0.4 is 5.11 Å². The molecule has 0 aromatic carbocycles. The number of hydrogen-bond acceptors (Lipinski definition) is 8. The van der Waals surface area contributed by atoms with Gasteiger partial charge in [0.2, 0.25) is 0 Å². The van der Waals surface area contributed by atoms with E-state index >= 15 is 0 Å². The van der Waals surface area contributed by atoms with Gasteiger partial charge >= 0.3 is 11.9 Å². The summed E-state index contributed by atoms with van der Waals surface area (Å²) in [5.41, 5.74) is 0. The lowest BCUT2D eigenvalue weighted by Gasteiger charge is -2.26. The Morgan fingerprint density at radius 3 is 0.914 bits per heavy atom. The van der Waals surface area contributed by atoms with E-state index in [2.05, 4.69) is 135 Å². The molecule has 0 bridgehead atoms. The molecule has 2 unspecified atom stereocenters. The van der Waals surface area contributed by atoms with Crippen LogP contribution >= 0.6 is 0 Å². The molecule has 0 amide bonds. The van der Waals surface area contributed by atoms with E-state index in [4.69, 9.17) is 18.9 Å². The van der Waals surface area contributed by atoms with E-state index in [-0.39, 0.29) is 38.6 Å². The molecule has 0 aliphatic rings. The Bertz CT molecular complexity index is 1950. The Balaban J connectivity index is 4.06. The first-order valence-corrected chi connectivity index (χ1v) is 38.7. The minimum Gasteiger partial charge on any atom is -0.545 e. The second-order valence-corrected chi connectivity index (χ2v) is 26.9. The van der Waals surface area contributed by atoms with Crippen LogP contribution in [0.1, 0.15) is 335 Å². The Morgan fingerprint density at radius 1 is 0.333 bits per heavy atom. The molecule has 0 fully saturated rings. The normalized spacial score (nSPS) is 13.3. The number of carbonyl (C=O) groups excluding carboxylic acids is 3. The molecule has 0 aliphatic carbocycles. The summed E-state index contributed by atoms with van der Waals surface area (Å²) in [5, 5.41) is 11.8. The van der Waals surface area contributed by atoms with Crippen LogP contribution in [0, 0.1) is 0 Å². The number of carbonyl (C=O) groups is 3. The summed E-state index contributed by atoms with van der Waals surface area (Å²) >= 11 is 0. The third kappa shape index (κ3) is 74.9. The molecular formula is C84H145NO8. The summed E-state index contributed by atoms with van der Waals surface area (Å²) in [6, 6.07) is 0. The molecular weight excluding hydrogens is 1150 g/mol. The molecule has 0 saturated carbocycles. The lowest BCUT2D eigenvalue weighted by Crippen LogP contribution is -2.44. The highest BCUT2D eigenvalue weighted by Gasteiger charge is 2.22. The number of hydrogen-bond donors (Lipinski definition) is 0. The predicted molar refractivity (Wildman–Crippen MR) is 398 cm³/mol. The van der Waals surface area contributed by atoms with Crippen LogP contribution in [0.3, 0.4) is 0 Å². The number of allylic oxidation sites excluding steroid dienone is 20. The monoisotopic (exact) mass is 1300 g/mol. The van der Waals surface area contributed by atoms with Gasteiger partial charge in [-0.05, 0) is 109 Å². The molecule has 93 heavy (non-hydrogen) atoms. The zero-order valence-electron chi connectivity index (χ0n) is 61.1. The summed E-state index contributed by atoms with van der Waals surface area (Å²) in [7, 11) is 5.92. The van der Waals surface area contributed by atoms with Crippen LogP contribution in [-0.4, -0.2) is 82.3 Å². The number of aliphatic carboxylic acids is 1. The van der Waals surface area contributed by atoms with Gasteiger partial charge in [0.1, 0.15) is 13.2 Å². The van der Waals surface area contributed by atoms with Gasteiger partial charge in [0.15, 0.2) is 12.4 Å². The van der Waals surface area contributed by atoms with E-state index < -0.39 is 24.3 Å². The first-order chi connectivity index (χ1) is 45.6. The van der Waals surface area contributed by atoms with Crippen LogP contribution in [0.15, 0.2) is 122 Å². The predicted octanol–water partition coefficient (Wildman–Crippen LogP) is 23.4. The number of likely N-dealkylation sites (N-methyl/N-ethyl adjacent to an activating group) is 1. The molecule has 0 rings (SSSR count). The van der Waals surface area contributed by atoms with E-state index in [9.17, 15) is 19.5 Å². The molecule has 2 atom stereocenters. The van der Waals surface area contributed by atoms with Gasteiger partial charge in [0.05, 0.1) is 40.3 Å². The van der Waals surface area contributed by atoms with Crippen molar-refractivity contribution >= 4 is 17.9 Å². The van der Waals surface area contributed by atoms with Gasteiger partial charge in [0, 0.05) is 12.8 Å². The number of carboxylic acid groups (broad SMARTS) is 1. The van der Waals surface area contributed by atoms with E-state index in [1.54, 1.807) is 0 Å². The molecule has 534 valence electrons. The minimum absolute atomic E-state index is 0.138. The third-order valence-corrected chi connectivity index (χ3v) is 16.7. The molecule has 0 aromatic heterocycles. The van der Waals surface area contributed by atoms with Crippen LogP contribution in [0.4, 0.5) is 0 Å². The summed E-state index contributed by atoms with van der Waals surface area (Å²) < 4.78 is 22.8. The highest BCUT2D eigenvalue weighted by Crippen LogP contribution is 2.18. The zero-order chi connectivity index (χ0) is 67.5. The molecule has 9 heteroatoms. The van der Waals surface area contributed by atoms with Crippen LogP contribution in [-0.2, 0) is 33.3 Å².